The Morgan fingerprint density at radius 1 is 1.20 bits per heavy atom. The van der Waals surface area contributed by atoms with E-state index in [1.807, 2.05) is 0 Å². The van der Waals surface area contributed by atoms with Crippen LogP contribution in [-0.2, 0) is 4.74 Å². The van der Waals surface area contributed by atoms with Gasteiger partial charge >= 0.3 is 0 Å². The van der Waals surface area contributed by atoms with Crippen LogP contribution in [0.5, 0.6) is 0 Å². The molecule has 2 nitrogen and oxygen atoms in total. The topological polar surface area (TPSA) is 21.3 Å². The van der Waals surface area contributed by atoms with Crippen molar-refractivity contribution in [2.24, 2.45) is 11.8 Å². The molecule has 0 aliphatic heterocycles. The Balaban J connectivity index is 2.19. The molecule has 1 saturated carbocycles. The third-order valence-corrected chi connectivity index (χ3v) is 3.56. The van der Waals surface area contributed by atoms with Gasteiger partial charge < -0.3 is 10.1 Å². The Bertz CT molecular complexity index is 161. The molecule has 1 aliphatic carbocycles. The molecule has 1 N–H and O–H groups in total. The summed E-state index contributed by atoms with van der Waals surface area (Å²) in [6.07, 6.45) is 5.05. The summed E-state index contributed by atoms with van der Waals surface area (Å²) in [4.78, 5) is 0. The fraction of sp³-hybridized carbons (Fsp3) is 1.00. The number of ether oxygens (including phenoxy) is 1. The monoisotopic (exact) mass is 213 g/mol. The van der Waals surface area contributed by atoms with Crippen LogP contribution in [0.4, 0.5) is 0 Å². The van der Waals surface area contributed by atoms with Crippen LogP contribution in [0.15, 0.2) is 0 Å². The molecule has 0 bridgehead atoms. The van der Waals surface area contributed by atoms with Crippen molar-refractivity contribution in [1.29, 1.82) is 0 Å². The lowest BCUT2D eigenvalue weighted by Crippen LogP contribution is -2.34. The van der Waals surface area contributed by atoms with E-state index >= 15 is 0 Å². The van der Waals surface area contributed by atoms with Crippen molar-refractivity contribution in [3.63, 3.8) is 0 Å². The van der Waals surface area contributed by atoms with E-state index in [4.69, 9.17) is 4.74 Å². The van der Waals surface area contributed by atoms with E-state index in [-0.39, 0.29) is 0 Å². The second-order valence-electron chi connectivity index (χ2n) is 4.83. The van der Waals surface area contributed by atoms with Gasteiger partial charge in [0.05, 0.1) is 0 Å². The van der Waals surface area contributed by atoms with Crippen LogP contribution in [0.25, 0.3) is 0 Å². The second kappa shape index (κ2) is 7.24. The minimum Gasteiger partial charge on any atom is -0.381 e. The number of hydrogen-bond donors (Lipinski definition) is 1. The van der Waals surface area contributed by atoms with Gasteiger partial charge in [0.2, 0.25) is 0 Å². The smallest absolute Gasteiger partial charge is 0.0497 e. The number of rotatable bonds is 7. The first-order valence-corrected chi connectivity index (χ1v) is 6.60. The Morgan fingerprint density at radius 3 is 2.67 bits per heavy atom. The molecular weight excluding hydrogens is 186 g/mol. The lowest BCUT2D eigenvalue weighted by Gasteiger charge is -2.21. The Morgan fingerprint density at radius 2 is 2.00 bits per heavy atom. The molecule has 3 unspecified atom stereocenters. The van der Waals surface area contributed by atoms with Gasteiger partial charge in [-0.1, -0.05) is 20.8 Å². The highest BCUT2D eigenvalue weighted by Crippen LogP contribution is 2.31. The van der Waals surface area contributed by atoms with E-state index in [0.717, 1.165) is 44.1 Å². The lowest BCUT2D eigenvalue weighted by molar-refractivity contribution is 0.0864. The van der Waals surface area contributed by atoms with Crippen molar-refractivity contribution < 1.29 is 4.74 Å². The zero-order valence-electron chi connectivity index (χ0n) is 10.6. The fourth-order valence-corrected chi connectivity index (χ4v) is 2.48. The third kappa shape index (κ3) is 4.12. The van der Waals surface area contributed by atoms with E-state index < -0.39 is 0 Å². The zero-order chi connectivity index (χ0) is 11.1. The maximum absolute atomic E-state index is 5.66. The minimum atomic E-state index is 0.736. The van der Waals surface area contributed by atoms with Crippen LogP contribution in [0.3, 0.4) is 0 Å². The van der Waals surface area contributed by atoms with Crippen LogP contribution >= 0.6 is 0 Å². The van der Waals surface area contributed by atoms with Gasteiger partial charge in [-0.2, -0.15) is 0 Å². The van der Waals surface area contributed by atoms with Gasteiger partial charge in [0.15, 0.2) is 0 Å². The normalized spacial score (nSPS) is 31.0. The molecule has 0 aromatic carbocycles. The maximum Gasteiger partial charge on any atom is 0.0497 e. The first-order valence-electron chi connectivity index (χ1n) is 6.60. The molecule has 15 heavy (non-hydrogen) atoms. The average molecular weight is 213 g/mol. The van der Waals surface area contributed by atoms with Crippen LogP contribution in [0.2, 0.25) is 0 Å². The van der Waals surface area contributed by atoms with Gasteiger partial charge in [-0.25, -0.2) is 0 Å². The highest BCUT2D eigenvalue weighted by atomic mass is 16.5. The Labute approximate surface area is 94.8 Å². The molecule has 1 aliphatic rings. The highest BCUT2D eigenvalue weighted by molar-refractivity contribution is 4.86. The van der Waals surface area contributed by atoms with Gasteiger partial charge in [-0.15, -0.1) is 0 Å². The SMILES string of the molecule is CCCNC1CCC(COCCC)C1C. The Kier molecular flexibility index (Phi) is 6.26. The largest absolute Gasteiger partial charge is 0.381 e. The third-order valence-electron chi connectivity index (χ3n) is 3.56. The predicted octanol–water partition coefficient (Wildman–Crippen LogP) is 2.83. The van der Waals surface area contributed by atoms with Crippen LogP contribution < -0.4 is 5.32 Å². The average Bonchev–Trinajstić information content (AvgIpc) is 2.58. The first kappa shape index (κ1) is 13.0. The van der Waals surface area contributed by atoms with Gasteiger partial charge in [0, 0.05) is 19.3 Å². The van der Waals surface area contributed by atoms with E-state index in [1.165, 1.54) is 19.3 Å². The molecule has 0 radical (unpaired) electrons. The summed E-state index contributed by atoms with van der Waals surface area (Å²) in [5.74, 6) is 1.57. The Hall–Kier alpha value is -0.0800. The van der Waals surface area contributed by atoms with Gasteiger partial charge in [0.25, 0.3) is 0 Å². The molecule has 0 aromatic rings. The lowest BCUT2D eigenvalue weighted by atomic mass is 9.96. The van der Waals surface area contributed by atoms with Gasteiger partial charge in [0.1, 0.15) is 0 Å². The van der Waals surface area contributed by atoms with E-state index in [2.05, 4.69) is 26.1 Å². The summed E-state index contributed by atoms with van der Waals surface area (Å²) in [7, 11) is 0. The van der Waals surface area contributed by atoms with Crippen LogP contribution in [0, 0.1) is 11.8 Å². The van der Waals surface area contributed by atoms with Gasteiger partial charge in [-0.3, -0.25) is 0 Å². The summed E-state index contributed by atoms with van der Waals surface area (Å²) in [6, 6.07) is 0.736. The molecule has 0 heterocycles. The highest BCUT2D eigenvalue weighted by Gasteiger charge is 2.31. The van der Waals surface area contributed by atoms with Crippen molar-refractivity contribution in [3.8, 4) is 0 Å². The summed E-state index contributed by atoms with van der Waals surface area (Å²) >= 11 is 0. The molecule has 3 atom stereocenters. The summed E-state index contributed by atoms with van der Waals surface area (Å²) < 4.78 is 5.66. The first-order chi connectivity index (χ1) is 7.29. The van der Waals surface area contributed by atoms with Crippen molar-refractivity contribution in [3.05, 3.63) is 0 Å². The minimum absolute atomic E-state index is 0.736. The second-order valence-corrected chi connectivity index (χ2v) is 4.83. The molecule has 1 rings (SSSR count). The predicted molar refractivity (Wildman–Crippen MR) is 65.1 cm³/mol. The standard InChI is InChI=1S/C13H27NO/c1-4-8-14-13-7-6-12(11(13)3)10-15-9-5-2/h11-14H,4-10H2,1-3H3. The van der Waals surface area contributed by atoms with Crippen LogP contribution in [0.1, 0.15) is 46.5 Å². The van der Waals surface area contributed by atoms with Gasteiger partial charge in [-0.05, 0) is 44.1 Å². The van der Waals surface area contributed by atoms with Crippen LogP contribution in [-0.4, -0.2) is 25.8 Å². The molecule has 90 valence electrons. The molecule has 2 heteroatoms. The number of hydrogen-bond acceptors (Lipinski definition) is 2. The fourth-order valence-electron chi connectivity index (χ4n) is 2.48. The molecular formula is C13H27NO. The number of nitrogens with one attached hydrogen (secondary N) is 1. The van der Waals surface area contributed by atoms with Crippen molar-refractivity contribution in [2.45, 2.75) is 52.5 Å². The summed E-state index contributed by atoms with van der Waals surface area (Å²) in [6.45, 7) is 9.84. The molecule has 0 amide bonds. The van der Waals surface area contributed by atoms with E-state index in [1.54, 1.807) is 0 Å². The van der Waals surface area contributed by atoms with Crippen molar-refractivity contribution in [2.75, 3.05) is 19.8 Å². The zero-order valence-corrected chi connectivity index (χ0v) is 10.6. The molecule has 0 spiro atoms. The van der Waals surface area contributed by atoms with E-state index in [0.29, 0.717) is 0 Å². The maximum atomic E-state index is 5.66. The molecule has 0 aromatic heterocycles. The molecule has 1 fully saturated rings. The summed E-state index contributed by atoms with van der Waals surface area (Å²) in [5.41, 5.74) is 0. The van der Waals surface area contributed by atoms with E-state index in [9.17, 15) is 0 Å². The van der Waals surface area contributed by atoms with Crippen molar-refractivity contribution in [1.82, 2.24) is 5.32 Å². The molecule has 0 saturated heterocycles. The quantitative estimate of drug-likeness (QED) is 0.657. The van der Waals surface area contributed by atoms with Crippen molar-refractivity contribution >= 4 is 0 Å². The summed E-state index contributed by atoms with van der Waals surface area (Å²) in [5, 5.41) is 3.65.